The van der Waals surface area contributed by atoms with E-state index in [9.17, 15) is 13.2 Å². The van der Waals surface area contributed by atoms with Gasteiger partial charge in [0.25, 0.3) is 5.91 Å². The zero-order valence-corrected chi connectivity index (χ0v) is 15.2. The maximum Gasteiger partial charge on any atom is 0.251 e. The number of sulfonamides is 1. The topological polar surface area (TPSA) is 84.9 Å². The van der Waals surface area contributed by atoms with Gasteiger partial charge in [-0.1, -0.05) is 0 Å². The summed E-state index contributed by atoms with van der Waals surface area (Å²) in [4.78, 5) is 12.4. The Morgan fingerprint density at radius 3 is 2.67 bits per heavy atom. The average molecular weight is 356 g/mol. The van der Waals surface area contributed by atoms with E-state index in [1.165, 1.54) is 33.3 Å². The molecule has 1 heterocycles. The molecule has 2 unspecified atom stereocenters. The van der Waals surface area contributed by atoms with Crippen LogP contribution in [0.25, 0.3) is 0 Å². The summed E-state index contributed by atoms with van der Waals surface area (Å²) < 4.78 is 36.6. The number of carbonyl (C=O) groups excluding carboxylic acids is 1. The van der Waals surface area contributed by atoms with E-state index in [4.69, 9.17) is 9.47 Å². The summed E-state index contributed by atoms with van der Waals surface area (Å²) in [5, 5.41) is 2.87. The Balaban J connectivity index is 2.26. The molecule has 0 spiro atoms. The van der Waals surface area contributed by atoms with Gasteiger partial charge in [-0.25, -0.2) is 12.7 Å². The van der Waals surface area contributed by atoms with Crippen LogP contribution in [0.3, 0.4) is 0 Å². The van der Waals surface area contributed by atoms with Gasteiger partial charge in [0.15, 0.2) is 0 Å². The Kier molecular flexibility index (Phi) is 5.84. The first-order valence-electron chi connectivity index (χ1n) is 7.80. The molecule has 0 saturated carbocycles. The molecule has 1 N–H and O–H groups in total. The summed E-state index contributed by atoms with van der Waals surface area (Å²) in [7, 11) is 0.539. The number of benzene rings is 1. The highest BCUT2D eigenvalue weighted by atomic mass is 32.2. The van der Waals surface area contributed by atoms with Crippen LogP contribution in [0.2, 0.25) is 0 Å². The molecule has 8 heteroatoms. The Bertz CT molecular complexity index is 696. The van der Waals surface area contributed by atoms with Gasteiger partial charge in [-0.2, -0.15) is 0 Å². The van der Waals surface area contributed by atoms with Crippen molar-refractivity contribution in [3.05, 3.63) is 23.8 Å². The number of amides is 1. The second-order valence-corrected chi connectivity index (χ2v) is 8.09. The largest absolute Gasteiger partial charge is 0.495 e. The van der Waals surface area contributed by atoms with Crippen molar-refractivity contribution >= 4 is 15.9 Å². The van der Waals surface area contributed by atoms with Crippen LogP contribution < -0.4 is 10.1 Å². The van der Waals surface area contributed by atoms with Gasteiger partial charge in [0.05, 0.1) is 19.3 Å². The number of methoxy groups -OCH3 is 1. The molecule has 1 aliphatic heterocycles. The zero-order valence-electron chi connectivity index (χ0n) is 14.4. The SMILES string of the molecule is COc1ccc(C(=O)NC(C)C2CCCO2)cc1S(=O)(=O)N(C)C. The third-order valence-corrected chi connectivity index (χ3v) is 5.90. The van der Waals surface area contributed by atoms with Crippen molar-refractivity contribution in [2.45, 2.75) is 36.8 Å². The molecule has 1 saturated heterocycles. The lowest BCUT2D eigenvalue weighted by molar-refractivity contribution is 0.0712. The number of carbonyl (C=O) groups is 1. The van der Waals surface area contributed by atoms with Crippen molar-refractivity contribution < 1.29 is 22.7 Å². The Morgan fingerprint density at radius 2 is 2.12 bits per heavy atom. The molecule has 0 aromatic heterocycles. The molecule has 2 atom stereocenters. The quantitative estimate of drug-likeness (QED) is 0.829. The predicted molar refractivity (Wildman–Crippen MR) is 89.8 cm³/mol. The fourth-order valence-electron chi connectivity index (χ4n) is 2.60. The number of ether oxygens (including phenoxy) is 2. The zero-order chi connectivity index (χ0) is 17.9. The fourth-order valence-corrected chi connectivity index (χ4v) is 3.67. The molecule has 1 aliphatic rings. The molecule has 7 nitrogen and oxygen atoms in total. The van der Waals surface area contributed by atoms with E-state index in [1.807, 2.05) is 6.92 Å². The standard InChI is InChI=1S/C16H24N2O5S/c1-11(13-6-5-9-23-13)17-16(19)12-7-8-14(22-4)15(10-12)24(20,21)18(2)3/h7-8,10-11,13H,5-6,9H2,1-4H3,(H,17,19). The van der Waals surface area contributed by atoms with E-state index < -0.39 is 10.0 Å². The molecule has 0 bridgehead atoms. The minimum atomic E-state index is -3.72. The van der Waals surface area contributed by atoms with Crippen LogP contribution in [0.4, 0.5) is 0 Å². The van der Waals surface area contributed by atoms with Crippen LogP contribution in [0.5, 0.6) is 5.75 Å². The molecule has 24 heavy (non-hydrogen) atoms. The molecule has 2 rings (SSSR count). The summed E-state index contributed by atoms with van der Waals surface area (Å²) in [6.45, 7) is 2.59. The molecule has 1 amide bonds. The number of hydrogen-bond acceptors (Lipinski definition) is 5. The third-order valence-electron chi connectivity index (χ3n) is 4.07. The first kappa shape index (κ1) is 18.7. The second kappa shape index (κ2) is 7.50. The van der Waals surface area contributed by atoms with E-state index in [1.54, 1.807) is 6.07 Å². The smallest absolute Gasteiger partial charge is 0.251 e. The van der Waals surface area contributed by atoms with Gasteiger partial charge in [0, 0.05) is 26.3 Å². The first-order chi connectivity index (χ1) is 11.3. The van der Waals surface area contributed by atoms with Gasteiger partial charge in [0.2, 0.25) is 10.0 Å². The van der Waals surface area contributed by atoms with Gasteiger partial charge in [0.1, 0.15) is 10.6 Å². The highest BCUT2D eigenvalue weighted by Crippen LogP contribution is 2.27. The Labute approximate surface area is 143 Å². The van der Waals surface area contributed by atoms with Crippen molar-refractivity contribution in [3.8, 4) is 5.75 Å². The van der Waals surface area contributed by atoms with Crippen LogP contribution in [-0.2, 0) is 14.8 Å². The average Bonchev–Trinajstić information content (AvgIpc) is 3.08. The third kappa shape index (κ3) is 3.88. The van der Waals surface area contributed by atoms with E-state index in [2.05, 4.69) is 5.32 Å². The van der Waals surface area contributed by atoms with Crippen molar-refractivity contribution in [2.75, 3.05) is 27.8 Å². The lowest BCUT2D eigenvalue weighted by Gasteiger charge is -2.20. The molecular weight excluding hydrogens is 332 g/mol. The number of hydrogen-bond donors (Lipinski definition) is 1. The molecule has 1 fully saturated rings. The molecule has 1 aromatic carbocycles. The molecule has 0 radical (unpaired) electrons. The van der Waals surface area contributed by atoms with Crippen molar-refractivity contribution in [2.24, 2.45) is 0 Å². The van der Waals surface area contributed by atoms with E-state index in [0.29, 0.717) is 6.61 Å². The number of nitrogens with one attached hydrogen (secondary N) is 1. The summed E-state index contributed by atoms with van der Waals surface area (Å²) in [6.07, 6.45) is 1.89. The number of nitrogens with zero attached hydrogens (tertiary/aromatic N) is 1. The van der Waals surface area contributed by atoms with Gasteiger partial charge in [-0.3, -0.25) is 4.79 Å². The summed E-state index contributed by atoms with van der Waals surface area (Å²) in [5.41, 5.74) is 0.265. The van der Waals surface area contributed by atoms with Gasteiger partial charge < -0.3 is 14.8 Å². The van der Waals surface area contributed by atoms with E-state index in [0.717, 1.165) is 17.1 Å². The molecule has 134 valence electrons. The molecule has 0 aliphatic carbocycles. The van der Waals surface area contributed by atoms with Gasteiger partial charge in [-0.15, -0.1) is 0 Å². The molecular formula is C16H24N2O5S. The van der Waals surface area contributed by atoms with Crippen molar-refractivity contribution in [3.63, 3.8) is 0 Å². The highest BCUT2D eigenvalue weighted by Gasteiger charge is 2.26. The minimum absolute atomic E-state index is 0.00261. The van der Waals surface area contributed by atoms with Crippen LogP contribution in [0, 0.1) is 0 Å². The summed E-state index contributed by atoms with van der Waals surface area (Å²) in [6, 6.07) is 4.23. The number of rotatable bonds is 6. The van der Waals surface area contributed by atoms with E-state index >= 15 is 0 Å². The van der Waals surface area contributed by atoms with Crippen LogP contribution in [0.15, 0.2) is 23.1 Å². The monoisotopic (exact) mass is 356 g/mol. The minimum Gasteiger partial charge on any atom is -0.495 e. The highest BCUT2D eigenvalue weighted by molar-refractivity contribution is 7.89. The van der Waals surface area contributed by atoms with Crippen LogP contribution in [-0.4, -0.2) is 58.6 Å². The Hall–Kier alpha value is -1.64. The van der Waals surface area contributed by atoms with Gasteiger partial charge in [-0.05, 0) is 38.0 Å². The predicted octanol–water partition coefficient (Wildman–Crippen LogP) is 1.24. The van der Waals surface area contributed by atoms with Gasteiger partial charge >= 0.3 is 0 Å². The lowest BCUT2D eigenvalue weighted by Crippen LogP contribution is -2.40. The maximum absolute atomic E-state index is 12.4. The maximum atomic E-state index is 12.4. The molecule has 1 aromatic rings. The van der Waals surface area contributed by atoms with Crippen molar-refractivity contribution in [1.29, 1.82) is 0 Å². The second-order valence-electron chi connectivity index (χ2n) is 5.97. The van der Waals surface area contributed by atoms with E-state index in [-0.39, 0.29) is 34.3 Å². The first-order valence-corrected chi connectivity index (χ1v) is 9.24. The summed E-state index contributed by atoms with van der Waals surface area (Å²) in [5.74, 6) is -0.136. The normalized spacial score (nSPS) is 19.3. The van der Waals surface area contributed by atoms with Crippen molar-refractivity contribution in [1.82, 2.24) is 9.62 Å². The summed E-state index contributed by atoms with van der Waals surface area (Å²) >= 11 is 0. The lowest BCUT2D eigenvalue weighted by atomic mass is 10.1. The van der Waals surface area contributed by atoms with Crippen LogP contribution in [0.1, 0.15) is 30.1 Å². The Morgan fingerprint density at radius 1 is 1.42 bits per heavy atom. The van der Waals surface area contributed by atoms with Crippen LogP contribution >= 0.6 is 0 Å². The fraction of sp³-hybridized carbons (Fsp3) is 0.562.